The molecule has 0 radical (unpaired) electrons. The first-order valence-electron chi connectivity index (χ1n) is 10.9. The minimum Gasteiger partial charge on any atom is -0.473 e. The number of hydrogen-bond donors (Lipinski definition) is 0. The van der Waals surface area contributed by atoms with Gasteiger partial charge in [0, 0.05) is 38.1 Å². The highest BCUT2D eigenvalue weighted by atomic mass is 19.4. The number of benzene rings is 1. The van der Waals surface area contributed by atoms with Crippen LogP contribution >= 0.6 is 0 Å². The van der Waals surface area contributed by atoms with Gasteiger partial charge >= 0.3 is 12.5 Å². The third kappa shape index (κ3) is 8.62. The molecule has 1 saturated heterocycles. The van der Waals surface area contributed by atoms with E-state index in [9.17, 15) is 18.0 Å². The zero-order valence-electron chi connectivity index (χ0n) is 19.8. The molecular formula is C23H27F3N4O5. The Morgan fingerprint density at radius 3 is 2.14 bits per heavy atom. The molecule has 0 atom stereocenters. The number of piperidine rings is 1. The molecule has 0 unspecified atom stereocenters. The molecule has 1 amide bonds. The molecule has 0 spiro atoms. The molecule has 0 N–H and O–H groups in total. The van der Waals surface area contributed by atoms with Crippen LogP contribution in [0.25, 0.3) is 0 Å². The first-order chi connectivity index (χ1) is 16.4. The lowest BCUT2D eigenvalue weighted by molar-refractivity contribution is -0.274. The van der Waals surface area contributed by atoms with E-state index in [1.807, 2.05) is 20.8 Å². The predicted molar refractivity (Wildman–Crippen MR) is 119 cm³/mol. The van der Waals surface area contributed by atoms with E-state index in [0.717, 1.165) is 0 Å². The zero-order valence-corrected chi connectivity index (χ0v) is 19.8. The van der Waals surface area contributed by atoms with Crippen molar-refractivity contribution in [1.29, 1.82) is 0 Å². The SMILES string of the molecule is C/C(=N/Oc1ccc(OC2CCN(C(=O)OC(C)(C)C)CC2)nn1)c1ccc(OC(F)(F)F)cc1. The number of carbonyl (C=O) groups excluding carboxylic acids is 1. The number of nitrogens with zero attached hydrogens (tertiary/aromatic N) is 4. The van der Waals surface area contributed by atoms with E-state index in [4.69, 9.17) is 14.3 Å². The van der Waals surface area contributed by atoms with Crippen LogP contribution in [0.1, 0.15) is 46.1 Å². The van der Waals surface area contributed by atoms with Crippen molar-refractivity contribution in [2.24, 2.45) is 5.16 Å². The molecular weight excluding hydrogens is 469 g/mol. The molecule has 1 aromatic carbocycles. The molecule has 0 bridgehead atoms. The minimum atomic E-state index is -4.75. The second-order valence-corrected chi connectivity index (χ2v) is 8.83. The van der Waals surface area contributed by atoms with Crippen molar-refractivity contribution in [3.8, 4) is 17.5 Å². The lowest BCUT2D eigenvalue weighted by Crippen LogP contribution is -2.44. The maximum absolute atomic E-state index is 12.3. The lowest BCUT2D eigenvalue weighted by Gasteiger charge is -2.33. The second-order valence-electron chi connectivity index (χ2n) is 8.83. The van der Waals surface area contributed by atoms with Crippen LogP contribution in [0.15, 0.2) is 41.6 Å². The fourth-order valence-corrected chi connectivity index (χ4v) is 3.14. The normalized spacial score (nSPS) is 15.5. The van der Waals surface area contributed by atoms with Gasteiger partial charge in [-0.3, -0.25) is 0 Å². The fraction of sp³-hybridized carbons (Fsp3) is 0.478. The van der Waals surface area contributed by atoms with Crippen molar-refractivity contribution in [3.05, 3.63) is 42.0 Å². The van der Waals surface area contributed by atoms with Gasteiger partial charge in [-0.15, -0.1) is 23.4 Å². The van der Waals surface area contributed by atoms with Gasteiger partial charge in [0.1, 0.15) is 17.5 Å². The molecule has 2 heterocycles. The average molecular weight is 496 g/mol. The number of aromatic nitrogens is 2. The molecule has 0 aliphatic carbocycles. The Morgan fingerprint density at radius 2 is 1.60 bits per heavy atom. The highest BCUT2D eigenvalue weighted by Crippen LogP contribution is 2.23. The van der Waals surface area contributed by atoms with E-state index in [2.05, 4.69) is 20.1 Å². The number of carbonyl (C=O) groups is 1. The summed E-state index contributed by atoms with van der Waals surface area (Å²) in [6.45, 7) is 8.15. The van der Waals surface area contributed by atoms with Crippen LogP contribution in [0.4, 0.5) is 18.0 Å². The molecule has 35 heavy (non-hydrogen) atoms. The van der Waals surface area contributed by atoms with Crippen LogP contribution in [0.2, 0.25) is 0 Å². The van der Waals surface area contributed by atoms with E-state index in [1.54, 1.807) is 17.9 Å². The van der Waals surface area contributed by atoms with Crippen molar-refractivity contribution < 1.29 is 37.0 Å². The average Bonchev–Trinajstić information content (AvgIpc) is 2.77. The van der Waals surface area contributed by atoms with Gasteiger partial charge in [0.15, 0.2) is 0 Å². The summed E-state index contributed by atoms with van der Waals surface area (Å²) in [6, 6.07) is 8.36. The maximum atomic E-state index is 12.3. The van der Waals surface area contributed by atoms with Gasteiger partial charge in [0.2, 0.25) is 5.88 Å². The molecule has 2 aromatic rings. The van der Waals surface area contributed by atoms with Crippen molar-refractivity contribution in [1.82, 2.24) is 15.1 Å². The van der Waals surface area contributed by atoms with Crippen LogP contribution in [0.3, 0.4) is 0 Å². The fourth-order valence-electron chi connectivity index (χ4n) is 3.14. The monoisotopic (exact) mass is 496 g/mol. The van der Waals surface area contributed by atoms with Gasteiger partial charge in [0.25, 0.3) is 5.88 Å². The largest absolute Gasteiger partial charge is 0.573 e. The molecule has 1 aliphatic rings. The highest BCUT2D eigenvalue weighted by molar-refractivity contribution is 5.98. The molecule has 0 saturated carbocycles. The van der Waals surface area contributed by atoms with Crippen LogP contribution in [0.5, 0.6) is 17.5 Å². The van der Waals surface area contributed by atoms with E-state index in [0.29, 0.717) is 43.1 Å². The van der Waals surface area contributed by atoms with Crippen LogP contribution in [0, 0.1) is 0 Å². The number of rotatable bonds is 6. The zero-order chi connectivity index (χ0) is 25.6. The Kier molecular flexibility index (Phi) is 8.03. The first kappa shape index (κ1) is 26.0. The third-order valence-corrected chi connectivity index (χ3v) is 4.78. The summed E-state index contributed by atoms with van der Waals surface area (Å²) in [4.78, 5) is 19.1. The van der Waals surface area contributed by atoms with E-state index < -0.39 is 12.0 Å². The number of alkyl halides is 3. The summed E-state index contributed by atoms with van der Waals surface area (Å²) >= 11 is 0. The highest BCUT2D eigenvalue weighted by Gasteiger charge is 2.31. The predicted octanol–water partition coefficient (Wildman–Crippen LogP) is 4.96. The van der Waals surface area contributed by atoms with E-state index >= 15 is 0 Å². The summed E-state index contributed by atoms with van der Waals surface area (Å²) in [5, 5.41) is 11.8. The number of hydrogen-bond acceptors (Lipinski definition) is 8. The maximum Gasteiger partial charge on any atom is 0.573 e. The third-order valence-electron chi connectivity index (χ3n) is 4.78. The smallest absolute Gasteiger partial charge is 0.473 e. The topological polar surface area (TPSA) is 95.4 Å². The Hall–Kier alpha value is -3.57. The minimum absolute atomic E-state index is 0.112. The summed E-state index contributed by atoms with van der Waals surface area (Å²) in [5.74, 6) is 0.106. The Morgan fingerprint density at radius 1 is 1.00 bits per heavy atom. The molecule has 3 rings (SSSR count). The summed E-state index contributed by atoms with van der Waals surface area (Å²) in [6.07, 6.45) is -3.93. The van der Waals surface area contributed by atoms with Gasteiger partial charge < -0.3 is 23.9 Å². The van der Waals surface area contributed by atoms with Gasteiger partial charge in [-0.1, -0.05) is 5.16 Å². The Bertz CT molecular complexity index is 1010. The summed E-state index contributed by atoms with van der Waals surface area (Å²) in [7, 11) is 0. The number of oxime groups is 1. The van der Waals surface area contributed by atoms with Gasteiger partial charge in [-0.25, -0.2) is 4.79 Å². The standard InChI is InChI=1S/C23H27F3N4O5/c1-15(16-5-7-18(8-6-16)33-23(24,25)26)29-35-20-10-9-19(27-28-20)32-17-11-13-30(14-12-17)21(31)34-22(2,3)4/h5-10,17H,11-14H2,1-4H3/b29-15-. The molecule has 190 valence electrons. The number of halogens is 3. The Balaban J connectivity index is 1.47. The van der Waals surface area contributed by atoms with Crippen molar-refractivity contribution in [2.75, 3.05) is 13.1 Å². The summed E-state index contributed by atoms with van der Waals surface area (Å²) < 4.78 is 51.8. The van der Waals surface area contributed by atoms with Gasteiger partial charge in [-0.05, 0) is 57.5 Å². The van der Waals surface area contributed by atoms with Crippen molar-refractivity contribution in [3.63, 3.8) is 0 Å². The van der Waals surface area contributed by atoms with Crippen molar-refractivity contribution in [2.45, 2.75) is 58.6 Å². The van der Waals surface area contributed by atoms with E-state index in [-0.39, 0.29) is 23.8 Å². The number of ether oxygens (including phenoxy) is 3. The van der Waals surface area contributed by atoms with Crippen LogP contribution < -0.4 is 14.3 Å². The number of likely N-dealkylation sites (tertiary alicyclic amines) is 1. The Labute approximate surface area is 200 Å². The number of amides is 1. The molecule has 1 aliphatic heterocycles. The van der Waals surface area contributed by atoms with Crippen LogP contribution in [-0.2, 0) is 4.74 Å². The first-order valence-corrected chi connectivity index (χ1v) is 10.9. The lowest BCUT2D eigenvalue weighted by atomic mass is 10.1. The van der Waals surface area contributed by atoms with Crippen LogP contribution in [-0.4, -0.2) is 58.1 Å². The molecule has 12 heteroatoms. The van der Waals surface area contributed by atoms with Crippen molar-refractivity contribution >= 4 is 11.8 Å². The molecule has 9 nitrogen and oxygen atoms in total. The molecule has 1 fully saturated rings. The van der Waals surface area contributed by atoms with Gasteiger partial charge in [0.05, 0.1) is 5.71 Å². The van der Waals surface area contributed by atoms with E-state index in [1.165, 1.54) is 30.3 Å². The quantitative estimate of drug-likeness (QED) is 0.412. The second kappa shape index (κ2) is 10.8. The summed E-state index contributed by atoms with van der Waals surface area (Å²) in [5.41, 5.74) is 0.426. The van der Waals surface area contributed by atoms with Gasteiger partial charge in [-0.2, -0.15) is 0 Å². The molecule has 1 aromatic heterocycles.